The van der Waals surface area contributed by atoms with Gasteiger partial charge in [0.2, 0.25) is 0 Å². The number of fused-ring (bicyclic) bond motifs is 1. The molecule has 1 N–H and O–H groups in total. The van der Waals surface area contributed by atoms with Crippen LogP contribution >= 0.6 is 11.6 Å². The van der Waals surface area contributed by atoms with Gasteiger partial charge in [0.25, 0.3) is 0 Å². The zero-order chi connectivity index (χ0) is 20.3. The highest BCUT2D eigenvalue weighted by atomic mass is 79.9. The average molecular weight is 480 g/mol. The Hall–Kier alpha value is -2.02. The van der Waals surface area contributed by atoms with Crippen LogP contribution < -0.4 is 21.5 Å². The molecule has 2 aromatic heterocycles. The molecule has 7 heteroatoms. The van der Waals surface area contributed by atoms with Crippen molar-refractivity contribution in [1.29, 1.82) is 0 Å². The van der Waals surface area contributed by atoms with E-state index in [4.69, 9.17) is 16.3 Å². The van der Waals surface area contributed by atoms with Gasteiger partial charge >= 0.3 is 5.97 Å². The summed E-state index contributed by atoms with van der Waals surface area (Å²) in [4.78, 5) is 16.7. The van der Waals surface area contributed by atoms with Crippen LogP contribution in [-0.4, -0.2) is 22.7 Å². The third-order valence-corrected chi connectivity index (χ3v) is 5.22. The predicted molar refractivity (Wildman–Crippen MR) is 108 cm³/mol. The van der Waals surface area contributed by atoms with E-state index in [0.717, 1.165) is 22.0 Å². The maximum Gasteiger partial charge on any atom is 0.342 e. The number of rotatable bonds is 6. The van der Waals surface area contributed by atoms with E-state index in [1.54, 1.807) is 19.9 Å². The van der Waals surface area contributed by atoms with Crippen molar-refractivity contribution in [3.8, 4) is 0 Å². The fraction of sp³-hybridized carbons (Fsp3) is 0.318. The molecule has 29 heavy (non-hydrogen) atoms. The molecule has 0 spiro atoms. The monoisotopic (exact) mass is 478 g/mol. The van der Waals surface area contributed by atoms with Crippen LogP contribution in [0.4, 0.5) is 0 Å². The molecule has 0 bridgehead atoms. The Morgan fingerprint density at radius 3 is 2.66 bits per heavy atom. The summed E-state index contributed by atoms with van der Waals surface area (Å²) in [6, 6.07) is 11.6. The second-order valence-corrected chi connectivity index (χ2v) is 7.14. The van der Waals surface area contributed by atoms with Crippen molar-refractivity contribution in [2.45, 2.75) is 39.3 Å². The van der Waals surface area contributed by atoms with Crippen molar-refractivity contribution >= 4 is 28.5 Å². The fourth-order valence-corrected chi connectivity index (χ4v) is 3.57. The first-order chi connectivity index (χ1) is 13.4. The molecule has 5 nitrogen and oxygen atoms in total. The molecule has 154 valence electrons. The summed E-state index contributed by atoms with van der Waals surface area (Å²) in [5.41, 5.74) is 1.45. The van der Waals surface area contributed by atoms with Crippen LogP contribution in [0.1, 0.15) is 37.0 Å². The summed E-state index contributed by atoms with van der Waals surface area (Å²) in [5, 5.41) is 12.4. The van der Waals surface area contributed by atoms with Crippen LogP contribution in [0.2, 0.25) is 5.15 Å². The van der Waals surface area contributed by atoms with Crippen LogP contribution in [0, 0.1) is 6.92 Å². The van der Waals surface area contributed by atoms with E-state index in [1.807, 2.05) is 54.2 Å². The highest BCUT2D eigenvalue weighted by molar-refractivity contribution is 6.30. The number of benzene rings is 1. The Labute approximate surface area is 186 Å². The molecule has 1 aromatic carbocycles. The van der Waals surface area contributed by atoms with Gasteiger partial charge in [0, 0.05) is 22.6 Å². The number of aliphatic hydroxyl groups is 1. The molecule has 0 aliphatic rings. The molecular weight excluding hydrogens is 456 g/mol. The van der Waals surface area contributed by atoms with Crippen LogP contribution in [-0.2, 0) is 21.7 Å². The SMILES string of the molecule is CCOC(=O)C(O)(CC)c1cc[n+](Cc2cc3ccccc3nc2Cl)cc1C.[Br-]. The lowest BCUT2D eigenvalue weighted by atomic mass is 9.89. The van der Waals surface area contributed by atoms with E-state index >= 15 is 0 Å². The topological polar surface area (TPSA) is 63.3 Å². The highest BCUT2D eigenvalue weighted by Gasteiger charge is 2.39. The molecule has 0 aliphatic carbocycles. The Morgan fingerprint density at radius 1 is 1.28 bits per heavy atom. The number of carbonyl (C=O) groups excluding carboxylic acids is 1. The van der Waals surface area contributed by atoms with Crippen molar-refractivity contribution in [1.82, 2.24) is 4.98 Å². The summed E-state index contributed by atoms with van der Waals surface area (Å²) in [7, 11) is 0. The van der Waals surface area contributed by atoms with Gasteiger partial charge in [-0.1, -0.05) is 36.7 Å². The number of carbonyl (C=O) groups is 1. The minimum absolute atomic E-state index is 0. The summed E-state index contributed by atoms with van der Waals surface area (Å²) in [5.74, 6) is -0.625. The van der Waals surface area contributed by atoms with Gasteiger partial charge in [-0.2, -0.15) is 0 Å². The number of para-hydroxylation sites is 1. The molecular formula is C22H24BrClN2O3. The number of aromatic nitrogens is 2. The predicted octanol–water partition coefficient (Wildman–Crippen LogP) is 0.697. The summed E-state index contributed by atoms with van der Waals surface area (Å²) < 4.78 is 7.02. The minimum atomic E-state index is -1.65. The number of pyridine rings is 2. The third-order valence-electron chi connectivity index (χ3n) is 4.89. The number of halogens is 2. The van der Waals surface area contributed by atoms with Crippen molar-refractivity contribution < 1.29 is 36.2 Å². The Balaban J connectivity index is 0.00000300. The Morgan fingerprint density at radius 2 is 2.00 bits per heavy atom. The van der Waals surface area contributed by atoms with E-state index in [-0.39, 0.29) is 30.0 Å². The van der Waals surface area contributed by atoms with Crippen molar-refractivity contribution in [3.05, 3.63) is 70.6 Å². The highest BCUT2D eigenvalue weighted by Crippen LogP contribution is 2.28. The lowest BCUT2D eigenvalue weighted by Gasteiger charge is -2.25. The number of ether oxygens (including phenoxy) is 1. The number of aryl methyl sites for hydroxylation is 1. The zero-order valence-electron chi connectivity index (χ0n) is 16.7. The molecule has 3 rings (SSSR count). The first kappa shape index (κ1) is 23.3. The van der Waals surface area contributed by atoms with E-state index in [1.165, 1.54) is 0 Å². The van der Waals surface area contributed by atoms with Crippen molar-refractivity contribution in [2.75, 3.05) is 6.61 Å². The maximum absolute atomic E-state index is 12.3. The van der Waals surface area contributed by atoms with Gasteiger partial charge in [-0.3, -0.25) is 0 Å². The lowest BCUT2D eigenvalue weighted by molar-refractivity contribution is -0.688. The molecule has 0 radical (unpaired) electrons. The minimum Gasteiger partial charge on any atom is -1.00 e. The summed E-state index contributed by atoms with van der Waals surface area (Å²) in [6.45, 7) is 6.10. The quantitative estimate of drug-likeness (QED) is 0.321. The second-order valence-electron chi connectivity index (χ2n) is 6.78. The number of nitrogens with zero attached hydrogens (tertiary/aromatic N) is 2. The van der Waals surface area contributed by atoms with Crippen LogP contribution in [0.15, 0.2) is 48.8 Å². The first-order valence-electron chi connectivity index (χ1n) is 9.33. The van der Waals surface area contributed by atoms with Gasteiger partial charge in [-0.05, 0) is 32.4 Å². The standard InChI is InChI=1S/C22H24ClN2O3.BrH/c1-4-22(27,21(26)28-5-2)18-10-11-25(13-15(18)3)14-17-12-16-8-6-7-9-19(16)24-20(17)23;/h6-13,27H,4-5,14H2,1-3H3;1H/q+1;/p-1. The van der Waals surface area contributed by atoms with Gasteiger partial charge in [0.05, 0.1) is 17.7 Å². The number of hydrogen-bond donors (Lipinski definition) is 1. The average Bonchev–Trinajstić information content (AvgIpc) is 2.68. The molecule has 3 aromatic rings. The number of hydrogen-bond acceptors (Lipinski definition) is 4. The van der Waals surface area contributed by atoms with Gasteiger partial charge in [0.15, 0.2) is 24.5 Å². The maximum atomic E-state index is 12.3. The molecule has 0 saturated carbocycles. The van der Waals surface area contributed by atoms with Crippen LogP contribution in [0.3, 0.4) is 0 Å². The first-order valence-corrected chi connectivity index (χ1v) is 9.70. The van der Waals surface area contributed by atoms with E-state index in [9.17, 15) is 9.90 Å². The van der Waals surface area contributed by atoms with Gasteiger partial charge in [-0.15, -0.1) is 0 Å². The third kappa shape index (κ3) is 4.77. The molecule has 1 unspecified atom stereocenters. The smallest absolute Gasteiger partial charge is 0.342 e. The van der Waals surface area contributed by atoms with E-state index < -0.39 is 11.6 Å². The largest absolute Gasteiger partial charge is 1.00 e. The second kappa shape index (κ2) is 9.65. The summed E-state index contributed by atoms with van der Waals surface area (Å²) in [6.07, 6.45) is 3.95. The van der Waals surface area contributed by atoms with Crippen molar-refractivity contribution in [2.24, 2.45) is 0 Å². The fourth-order valence-electron chi connectivity index (χ4n) is 3.36. The molecule has 0 saturated heterocycles. The zero-order valence-corrected chi connectivity index (χ0v) is 19.0. The molecule has 2 heterocycles. The molecule has 0 fully saturated rings. The lowest BCUT2D eigenvalue weighted by Crippen LogP contribution is -3.00. The molecule has 0 amide bonds. The van der Waals surface area contributed by atoms with Crippen molar-refractivity contribution in [3.63, 3.8) is 0 Å². The van der Waals surface area contributed by atoms with Gasteiger partial charge < -0.3 is 26.8 Å². The Kier molecular flexibility index (Phi) is 7.74. The Bertz CT molecular complexity index is 1030. The van der Waals surface area contributed by atoms with Crippen LogP contribution in [0.25, 0.3) is 10.9 Å². The van der Waals surface area contributed by atoms with E-state index in [0.29, 0.717) is 17.3 Å². The van der Waals surface area contributed by atoms with Gasteiger partial charge in [0.1, 0.15) is 5.15 Å². The molecule has 1 atom stereocenters. The van der Waals surface area contributed by atoms with Gasteiger partial charge in [-0.25, -0.2) is 14.3 Å². The number of esters is 1. The summed E-state index contributed by atoms with van der Waals surface area (Å²) >= 11 is 6.37. The molecule has 0 aliphatic heterocycles. The normalized spacial score (nSPS) is 12.9. The van der Waals surface area contributed by atoms with Crippen LogP contribution in [0.5, 0.6) is 0 Å². The van der Waals surface area contributed by atoms with E-state index in [2.05, 4.69) is 4.98 Å².